The molecule has 166 valence electrons. The number of unbranched alkanes of at least 4 members (excludes halogenated alkanes) is 5. The highest BCUT2D eigenvalue weighted by atomic mass is 15.2. The van der Waals surface area contributed by atoms with E-state index >= 15 is 0 Å². The zero-order valence-corrected chi connectivity index (χ0v) is 20.5. The molecular weight excluding hydrogens is 338 g/mol. The second-order valence-corrected chi connectivity index (χ2v) is 10.1. The molecule has 1 fully saturated rings. The zero-order chi connectivity index (χ0) is 20.8. The monoisotopic (exact) mass is 391 g/mol. The minimum absolute atomic E-state index is 0.696. The van der Waals surface area contributed by atoms with Crippen LogP contribution in [0.25, 0.3) is 0 Å². The van der Waals surface area contributed by atoms with Gasteiger partial charge in [-0.05, 0) is 62.8 Å². The minimum atomic E-state index is 0.696. The van der Waals surface area contributed by atoms with Crippen LogP contribution in [0.2, 0.25) is 0 Å². The fraction of sp³-hybridized carbons (Fsp3) is 0.926. The Labute approximate surface area is 178 Å². The molecule has 28 heavy (non-hydrogen) atoms. The highest BCUT2D eigenvalue weighted by Crippen LogP contribution is 2.39. The molecule has 0 N–H and O–H groups in total. The molecule has 0 spiro atoms. The van der Waals surface area contributed by atoms with Gasteiger partial charge in [0, 0.05) is 13.1 Å². The summed E-state index contributed by atoms with van der Waals surface area (Å²) in [6.45, 7) is 18.2. The molecule has 0 amide bonds. The van der Waals surface area contributed by atoms with E-state index in [0.717, 1.165) is 11.8 Å². The predicted octanol–water partition coefficient (Wildman–Crippen LogP) is 8.64. The summed E-state index contributed by atoms with van der Waals surface area (Å²) in [5.74, 6) is 1.63. The van der Waals surface area contributed by atoms with Crippen molar-refractivity contribution in [2.45, 2.75) is 125 Å². The summed E-state index contributed by atoms with van der Waals surface area (Å²) < 4.78 is 0. The van der Waals surface area contributed by atoms with Crippen molar-refractivity contribution in [2.75, 3.05) is 19.6 Å². The Bertz CT molecular complexity index is 396. The molecule has 1 saturated heterocycles. The number of hydrogen-bond acceptors (Lipinski definition) is 1. The number of nitrogens with zero attached hydrogens (tertiary/aromatic N) is 1. The maximum Gasteiger partial charge on any atom is 0.00505 e. The summed E-state index contributed by atoms with van der Waals surface area (Å²) in [6.07, 6.45) is 20.6. The topological polar surface area (TPSA) is 3.24 Å². The van der Waals surface area contributed by atoms with Gasteiger partial charge >= 0.3 is 0 Å². The first-order valence-electron chi connectivity index (χ1n) is 12.9. The summed E-state index contributed by atoms with van der Waals surface area (Å²) >= 11 is 0. The van der Waals surface area contributed by atoms with Gasteiger partial charge in [-0.25, -0.2) is 0 Å². The lowest BCUT2D eigenvalue weighted by Crippen LogP contribution is -2.56. The molecule has 0 saturated carbocycles. The van der Waals surface area contributed by atoms with E-state index in [1.165, 1.54) is 103 Å². The van der Waals surface area contributed by atoms with Gasteiger partial charge in [0.25, 0.3) is 0 Å². The molecule has 0 radical (unpaired) electrons. The van der Waals surface area contributed by atoms with E-state index in [1.54, 1.807) is 5.57 Å². The van der Waals surface area contributed by atoms with Crippen molar-refractivity contribution in [1.29, 1.82) is 0 Å². The first-order valence-corrected chi connectivity index (χ1v) is 12.9. The number of allylic oxidation sites excluding steroid dienone is 2. The summed E-state index contributed by atoms with van der Waals surface area (Å²) in [5, 5.41) is 0. The Hall–Kier alpha value is -0.300. The Morgan fingerprint density at radius 1 is 0.893 bits per heavy atom. The van der Waals surface area contributed by atoms with Gasteiger partial charge in [-0.2, -0.15) is 0 Å². The molecule has 1 aliphatic rings. The summed E-state index contributed by atoms with van der Waals surface area (Å²) in [7, 11) is 0. The average molecular weight is 392 g/mol. The first-order chi connectivity index (χ1) is 13.5. The van der Waals surface area contributed by atoms with Crippen molar-refractivity contribution in [3.8, 4) is 0 Å². The van der Waals surface area contributed by atoms with Gasteiger partial charge in [-0.3, -0.25) is 0 Å². The standard InChI is InChI=1S/C27H53N/c1-7-18-27(19-8-2)22-28(23-27)20-16-14-12-11-13-15-17-24(5)21-26(10-4)25(6)9-3/h10,24-25H,7-9,11-23H2,1-6H3/b26-10-. The van der Waals surface area contributed by atoms with Gasteiger partial charge < -0.3 is 4.90 Å². The maximum atomic E-state index is 2.73. The summed E-state index contributed by atoms with van der Waals surface area (Å²) in [5.41, 5.74) is 2.38. The van der Waals surface area contributed by atoms with Crippen LogP contribution < -0.4 is 0 Å². The van der Waals surface area contributed by atoms with Crippen molar-refractivity contribution < 1.29 is 0 Å². The molecule has 1 rings (SSSR count). The molecule has 1 heteroatoms. The Balaban J connectivity index is 1.98. The molecule has 0 aromatic carbocycles. The third-order valence-electron chi connectivity index (χ3n) is 7.30. The maximum absolute atomic E-state index is 2.73. The highest BCUT2D eigenvalue weighted by molar-refractivity contribution is 5.04. The lowest BCUT2D eigenvalue weighted by Gasteiger charge is -2.51. The van der Waals surface area contributed by atoms with Crippen LogP contribution in [0.4, 0.5) is 0 Å². The highest BCUT2D eigenvalue weighted by Gasteiger charge is 2.40. The van der Waals surface area contributed by atoms with Gasteiger partial charge in [-0.1, -0.05) is 97.6 Å². The average Bonchev–Trinajstić information content (AvgIpc) is 2.66. The van der Waals surface area contributed by atoms with Gasteiger partial charge in [0.2, 0.25) is 0 Å². The van der Waals surface area contributed by atoms with E-state index < -0.39 is 0 Å². The van der Waals surface area contributed by atoms with E-state index in [0.29, 0.717) is 5.41 Å². The fourth-order valence-corrected chi connectivity index (χ4v) is 5.47. The van der Waals surface area contributed by atoms with Gasteiger partial charge in [0.1, 0.15) is 0 Å². The normalized spacial score (nSPS) is 19.4. The molecule has 0 aromatic rings. The van der Waals surface area contributed by atoms with E-state index in [1.807, 2.05) is 0 Å². The molecule has 1 heterocycles. The van der Waals surface area contributed by atoms with Crippen molar-refractivity contribution in [1.82, 2.24) is 4.90 Å². The first kappa shape index (κ1) is 25.7. The lowest BCUT2D eigenvalue weighted by molar-refractivity contribution is -0.0152. The molecule has 0 bridgehead atoms. The Morgan fingerprint density at radius 2 is 1.46 bits per heavy atom. The van der Waals surface area contributed by atoms with Gasteiger partial charge in [-0.15, -0.1) is 0 Å². The van der Waals surface area contributed by atoms with Crippen LogP contribution in [0.3, 0.4) is 0 Å². The third-order valence-corrected chi connectivity index (χ3v) is 7.30. The van der Waals surface area contributed by atoms with E-state index in [4.69, 9.17) is 0 Å². The second-order valence-electron chi connectivity index (χ2n) is 10.1. The lowest BCUT2D eigenvalue weighted by atomic mass is 9.72. The number of rotatable bonds is 17. The Morgan fingerprint density at radius 3 is 2.00 bits per heavy atom. The number of hydrogen-bond donors (Lipinski definition) is 0. The van der Waals surface area contributed by atoms with Crippen molar-refractivity contribution in [3.63, 3.8) is 0 Å². The molecular formula is C27H53N. The summed E-state index contributed by atoms with van der Waals surface area (Å²) in [4.78, 5) is 2.73. The van der Waals surface area contributed by atoms with Crippen molar-refractivity contribution in [3.05, 3.63) is 11.6 Å². The largest absolute Gasteiger partial charge is 0.302 e. The van der Waals surface area contributed by atoms with Crippen LogP contribution in [0.15, 0.2) is 11.6 Å². The number of likely N-dealkylation sites (tertiary alicyclic amines) is 1. The van der Waals surface area contributed by atoms with Crippen molar-refractivity contribution in [2.24, 2.45) is 17.3 Å². The molecule has 1 nitrogen and oxygen atoms in total. The quantitative estimate of drug-likeness (QED) is 0.177. The third kappa shape index (κ3) is 9.47. The van der Waals surface area contributed by atoms with Gasteiger partial charge in [0.15, 0.2) is 0 Å². The summed E-state index contributed by atoms with van der Waals surface area (Å²) in [6, 6.07) is 0. The smallest absolute Gasteiger partial charge is 0.00505 e. The SMILES string of the molecule is C/C=C(/CC(C)CCCCCCCCN1CC(CCC)(CCC)C1)C(C)CC. The molecule has 1 aliphatic heterocycles. The van der Waals surface area contributed by atoms with E-state index in [-0.39, 0.29) is 0 Å². The van der Waals surface area contributed by atoms with Crippen LogP contribution in [0, 0.1) is 17.3 Å². The molecule has 0 aliphatic carbocycles. The fourth-order valence-electron chi connectivity index (χ4n) is 5.47. The molecule has 0 aromatic heterocycles. The van der Waals surface area contributed by atoms with Gasteiger partial charge in [0.05, 0.1) is 0 Å². The predicted molar refractivity (Wildman–Crippen MR) is 128 cm³/mol. The second kappa shape index (κ2) is 14.6. The van der Waals surface area contributed by atoms with E-state index in [9.17, 15) is 0 Å². The van der Waals surface area contributed by atoms with Crippen LogP contribution in [0.5, 0.6) is 0 Å². The van der Waals surface area contributed by atoms with Crippen LogP contribution in [-0.4, -0.2) is 24.5 Å². The molecule has 2 unspecified atom stereocenters. The minimum Gasteiger partial charge on any atom is -0.302 e. The van der Waals surface area contributed by atoms with Crippen molar-refractivity contribution >= 4 is 0 Å². The van der Waals surface area contributed by atoms with Crippen LogP contribution in [-0.2, 0) is 0 Å². The van der Waals surface area contributed by atoms with Crippen LogP contribution in [0.1, 0.15) is 125 Å². The zero-order valence-electron chi connectivity index (χ0n) is 20.5. The Kier molecular flexibility index (Phi) is 13.5. The van der Waals surface area contributed by atoms with Crippen LogP contribution >= 0.6 is 0 Å². The molecule has 2 atom stereocenters. The van der Waals surface area contributed by atoms with E-state index in [2.05, 4.69) is 52.5 Å².